The van der Waals surface area contributed by atoms with Gasteiger partial charge in [0.1, 0.15) is 18.1 Å². The van der Waals surface area contributed by atoms with Crippen LogP contribution in [0.4, 0.5) is 0 Å². The van der Waals surface area contributed by atoms with Gasteiger partial charge in [-0.05, 0) is 47.2 Å². The summed E-state index contributed by atoms with van der Waals surface area (Å²) >= 11 is 9.55. The molecular formula is C17H12BrClO2. The number of ether oxygens (including phenoxy) is 1. The summed E-state index contributed by atoms with van der Waals surface area (Å²) in [7, 11) is 0. The van der Waals surface area contributed by atoms with Gasteiger partial charge >= 0.3 is 0 Å². The maximum atomic E-state index is 9.53. The Morgan fingerprint density at radius 1 is 0.952 bits per heavy atom. The highest BCUT2D eigenvalue weighted by molar-refractivity contribution is 9.10. The lowest BCUT2D eigenvalue weighted by atomic mass is 10.1. The Morgan fingerprint density at radius 3 is 2.57 bits per heavy atom. The Hall–Kier alpha value is -1.71. The van der Waals surface area contributed by atoms with E-state index < -0.39 is 0 Å². The Morgan fingerprint density at radius 2 is 1.76 bits per heavy atom. The van der Waals surface area contributed by atoms with Crippen LogP contribution in [0.1, 0.15) is 5.56 Å². The van der Waals surface area contributed by atoms with Gasteiger partial charge in [0.15, 0.2) is 0 Å². The molecule has 0 aliphatic rings. The minimum Gasteiger partial charge on any atom is -0.508 e. The summed E-state index contributed by atoms with van der Waals surface area (Å²) in [5.41, 5.74) is 0.927. The summed E-state index contributed by atoms with van der Waals surface area (Å²) in [6.07, 6.45) is 0. The van der Waals surface area contributed by atoms with E-state index in [-0.39, 0.29) is 5.75 Å². The second-order valence-corrected chi connectivity index (χ2v) is 6.04. The van der Waals surface area contributed by atoms with E-state index in [4.69, 9.17) is 16.3 Å². The van der Waals surface area contributed by atoms with E-state index in [1.807, 2.05) is 42.5 Å². The van der Waals surface area contributed by atoms with Crippen LogP contribution < -0.4 is 4.74 Å². The van der Waals surface area contributed by atoms with Crippen LogP contribution in [-0.2, 0) is 6.61 Å². The van der Waals surface area contributed by atoms with Crippen molar-refractivity contribution < 1.29 is 9.84 Å². The highest BCUT2D eigenvalue weighted by Gasteiger charge is 2.03. The molecule has 0 unspecified atom stereocenters. The first-order valence-electron chi connectivity index (χ1n) is 6.41. The fraction of sp³-hybridized carbons (Fsp3) is 0.0588. The molecule has 0 saturated carbocycles. The van der Waals surface area contributed by atoms with E-state index in [1.54, 1.807) is 12.1 Å². The van der Waals surface area contributed by atoms with Gasteiger partial charge in [-0.3, -0.25) is 0 Å². The number of phenolic OH excluding ortho intramolecular Hbond substituents is 1. The van der Waals surface area contributed by atoms with Crippen molar-refractivity contribution in [3.8, 4) is 11.5 Å². The predicted octanol–water partition coefficient (Wildman–Crippen LogP) is 5.54. The van der Waals surface area contributed by atoms with Crippen LogP contribution in [0.2, 0.25) is 5.02 Å². The molecule has 2 nitrogen and oxygen atoms in total. The first-order valence-corrected chi connectivity index (χ1v) is 7.58. The summed E-state index contributed by atoms with van der Waals surface area (Å²) in [6.45, 7) is 0.399. The molecule has 0 radical (unpaired) electrons. The third-order valence-electron chi connectivity index (χ3n) is 3.20. The maximum Gasteiger partial charge on any atom is 0.120 e. The molecule has 0 amide bonds. The van der Waals surface area contributed by atoms with Gasteiger partial charge in [0.05, 0.1) is 0 Å². The second-order valence-electron chi connectivity index (χ2n) is 4.72. The molecule has 3 aromatic carbocycles. The summed E-state index contributed by atoms with van der Waals surface area (Å²) in [5.74, 6) is 0.989. The third-order valence-corrected chi connectivity index (χ3v) is 4.05. The molecule has 1 N–H and O–H groups in total. The molecule has 0 aromatic heterocycles. The lowest BCUT2D eigenvalue weighted by molar-refractivity contribution is 0.306. The number of rotatable bonds is 3. The second kappa shape index (κ2) is 5.96. The highest BCUT2D eigenvalue weighted by atomic mass is 79.9. The lowest BCUT2D eigenvalue weighted by Gasteiger charge is -2.09. The zero-order chi connectivity index (χ0) is 14.8. The minimum atomic E-state index is 0.246. The quantitative estimate of drug-likeness (QED) is 0.662. The van der Waals surface area contributed by atoms with Crippen molar-refractivity contribution in [3.05, 3.63) is 69.7 Å². The highest BCUT2D eigenvalue weighted by Crippen LogP contribution is 2.26. The standard InChI is InChI=1S/C17H12BrClO2/c18-14-4-1-12(17(19)9-14)10-21-16-6-3-11-2-5-15(20)7-13(11)8-16/h1-9,20H,10H2. The molecule has 4 heteroatoms. The number of hydrogen-bond acceptors (Lipinski definition) is 2. The van der Waals surface area contributed by atoms with Gasteiger partial charge in [0.25, 0.3) is 0 Å². The number of phenols is 1. The van der Waals surface area contributed by atoms with Gasteiger partial charge in [0.2, 0.25) is 0 Å². The van der Waals surface area contributed by atoms with Crippen molar-refractivity contribution in [2.75, 3.05) is 0 Å². The molecular weight excluding hydrogens is 352 g/mol. The van der Waals surface area contributed by atoms with E-state index in [0.29, 0.717) is 11.6 Å². The van der Waals surface area contributed by atoms with E-state index >= 15 is 0 Å². The van der Waals surface area contributed by atoms with Crippen molar-refractivity contribution >= 4 is 38.3 Å². The number of hydrogen-bond donors (Lipinski definition) is 1. The fourth-order valence-corrected chi connectivity index (χ4v) is 2.83. The Bertz CT molecular complexity index is 802. The topological polar surface area (TPSA) is 29.5 Å². The van der Waals surface area contributed by atoms with Crippen LogP contribution in [0.3, 0.4) is 0 Å². The van der Waals surface area contributed by atoms with Crippen LogP contribution in [0.25, 0.3) is 10.8 Å². The molecule has 0 aliphatic carbocycles. The van der Waals surface area contributed by atoms with Crippen molar-refractivity contribution in [2.45, 2.75) is 6.61 Å². The van der Waals surface area contributed by atoms with Gasteiger partial charge in [-0.25, -0.2) is 0 Å². The monoisotopic (exact) mass is 362 g/mol. The molecule has 3 aromatic rings. The minimum absolute atomic E-state index is 0.246. The van der Waals surface area contributed by atoms with E-state index in [2.05, 4.69) is 15.9 Å². The summed E-state index contributed by atoms with van der Waals surface area (Å²) in [6, 6.07) is 16.8. The van der Waals surface area contributed by atoms with Crippen LogP contribution >= 0.6 is 27.5 Å². The van der Waals surface area contributed by atoms with Gasteiger partial charge in [-0.1, -0.05) is 45.7 Å². The summed E-state index contributed by atoms with van der Waals surface area (Å²) in [4.78, 5) is 0. The summed E-state index contributed by atoms with van der Waals surface area (Å²) in [5, 5.41) is 12.2. The molecule has 21 heavy (non-hydrogen) atoms. The largest absolute Gasteiger partial charge is 0.508 e. The van der Waals surface area contributed by atoms with Crippen molar-refractivity contribution in [1.29, 1.82) is 0 Å². The molecule has 0 atom stereocenters. The number of halogens is 2. The van der Waals surface area contributed by atoms with Crippen molar-refractivity contribution in [2.24, 2.45) is 0 Å². The third kappa shape index (κ3) is 3.31. The molecule has 106 valence electrons. The zero-order valence-electron chi connectivity index (χ0n) is 11.0. The predicted molar refractivity (Wildman–Crippen MR) is 89.1 cm³/mol. The Labute approximate surface area is 136 Å². The fourth-order valence-electron chi connectivity index (χ4n) is 2.10. The first-order chi connectivity index (χ1) is 10.1. The smallest absolute Gasteiger partial charge is 0.120 e. The molecule has 0 spiro atoms. The van der Waals surface area contributed by atoms with Crippen LogP contribution in [0.15, 0.2) is 59.1 Å². The molecule has 3 rings (SSSR count). The van der Waals surface area contributed by atoms with Crippen LogP contribution in [-0.4, -0.2) is 5.11 Å². The molecule has 0 aliphatic heterocycles. The molecule has 0 fully saturated rings. The SMILES string of the molecule is Oc1ccc2ccc(OCc3ccc(Br)cc3Cl)cc2c1. The van der Waals surface area contributed by atoms with Gasteiger partial charge < -0.3 is 9.84 Å². The van der Waals surface area contributed by atoms with E-state index in [0.717, 1.165) is 26.6 Å². The van der Waals surface area contributed by atoms with Crippen molar-refractivity contribution in [1.82, 2.24) is 0 Å². The summed E-state index contributed by atoms with van der Waals surface area (Å²) < 4.78 is 6.72. The zero-order valence-corrected chi connectivity index (χ0v) is 13.4. The molecule has 0 heterocycles. The first kappa shape index (κ1) is 14.2. The van der Waals surface area contributed by atoms with E-state index in [1.165, 1.54) is 0 Å². The number of aromatic hydroxyl groups is 1. The van der Waals surface area contributed by atoms with Crippen LogP contribution in [0, 0.1) is 0 Å². The molecule has 0 saturated heterocycles. The lowest BCUT2D eigenvalue weighted by Crippen LogP contribution is -1.96. The Kier molecular flexibility index (Phi) is 4.04. The van der Waals surface area contributed by atoms with Crippen molar-refractivity contribution in [3.63, 3.8) is 0 Å². The Balaban J connectivity index is 1.81. The average molecular weight is 364 g/mol. The number of benzene rings is 3. The van der Waals surface area contributed by atoms with Gasteiger partial charge in [-0.2, -0.15) is 0 Å². The average Bonchev–Trinajstić information content (AvgIpc) is 2.46. The van der Waals surface area contributed by atoms with Gasteiger partial charge in [-0.15, -0.1) is 0 Å². The maximum absolute atomic E-state index is 9.53. The van der Waals surface area contributed by atoms with E-state index in [9.17, 15) is 5.11 Å². The normalized spacial score (nSPS) is 10.8. The van der Waals surface area contributed by atoms with Crippen LogP contribution in [0.5, 0.6) is 11.5 Å². The number of fused-ring (bicyclic) bond motifs is 1. The molecule has 0 bridgehead atoms. The van der Waals surface area contributed by atoms with Gasteiger partial charge in [0, 0.05) is 15.1 Å².